The van der Waals surface area contributed by atoms with Gasteiger partial charge in [0.2, 0.25) is 0 Å². The Balaban J connectivity index is 2.89. The topological polar surface area (TPSA) is 28.7 Å². The van der Waals surface area contributed by atoms with Crippen LogP contribution in [0, 0.1) is 13.8 Å². The molecule has 13 heavy (non-hydrogen) atoms. The molecule has 0 aromatic carbocycles. The quantitative estimate of drug-likeness (QED) is 0.720. The number of hydrogen-bond acceptors (Lipinski definition) is 1. The lowest BCUT2D eigenvalue weighted by Crippen LogP contribution is -1.79. The molecular formula is C9H8BrClN2. The highest BCUT2D eigenvalue weighted by Gasteiger charge is 2.08. The van der Waals surface area contributed by atoms with Crippen molar-refractivity contribution in [3.05, 3.63) is 26.9 Å². The van der Waals surface area contributed by atoms with E-state index in [1.165, 1.54) is 5.56 Å². The van der Waals surface area contributed by atoms with Crippen LogP contribution in [-0.4, -0.2) is 9.97 Å². The minimum atomic E-state index is 0.494. The van der Waals surface area contributed by atoms with Crippen molar-refractivity contribution in [1.29, 1.82) is 0 Å². The lowest BCUT2D eigenvalue weighted by molar-refractivity contribution is 1.22. The van der Waals surface area contributed by atoms with Crippen LogP contribution >= 0.6 is 27.5 Å². The van der Waals surface area contributed by atoms with Crippen molar-refractivity contribution in [1.82, 2.24) is 9.97 Å². The minimum Gasteiger partial charge on any atom is -0.343 e. The standard InChI is InChI=1S/C9H8BrClN2/c1-4-5(2)12-9-6(4)3-7(10)8(11)13-9/h3H,1-2H3,(H,12,13). The first-order valence-electron chi connectivity index (χ1n) is 3.90. The van der Waals surface area contributed by atoms with E-state index in [9.17, 15) is 0 Å². The number of nitrogens with one attached hydrogen (secondary N) is 1. The van der Waals surface area contributed by atoms with Crippen molar-refractivity contribution in [3.63, 3.8) is 0 Å². The molecule has 2 rings (SSSR count). The summed E-state index contributed by atoms with van der Waals surface area (Å²) in [5, 5.41) is 1.61. The summed E-state index contributed by atoms with van der Waals surface area (Å²) in [6.07, 6.45) is 0. The van der Waals surface area contributed by atoms with Crippen molar-refractivity contribution in [3.8, 4) is 0 Å². The van der Waals surface area contributed by atoms with Gasteiger partial charge in [-0.25, -0.2) is 4.98 Å². The number of aryl methyl sites for hydroxylation is 2. The summed E-state index contributed by atoms with van der Waals surface area (Å²) in [5.74, 6) is 0. The van der Waals surface area contributed by atoms with Gasteiger partial charge in [0.05, 0.1) is 4.47 Å². The molecule has 0 aliphatic carbocycles. The summed E-state index contributed by atoms with van der Waals surface area (Å²) in [6, 6.07) is 1.99. The van der Waals surface area contributed by atoms with Crippen LogP contribution in [0.15, 0.2) is 10.5 Å². The molecule has 0 aliphatic rings. The van der Waals surface area contributed by atoms with Gasteiger partial charge in [-0.15, -0.1) is 0 Å². The Hall–Kier alpha value is -0.540. The van der Waals surface area contributed by atoms with E-state index in [0.29, 0.717) is 5.15 Å². The molecule has 2 aromatic heterocycles. The lowest BCUT2D eigenvalue weighted by atomic mass is 10.2. The van der Waals surface area contributed by atoms with E-state index in [-0.39, 0.29) is 0 Å². The molecule has 0 spiro atoms. The molecule has 2 aromatic rings. The first-order chi connectivity index (χ1) is 6.09. The molecule has 0 saturated carbocycles. The minimum absolute atomic E-state index is 0.494. The van der Waals surface area contributed by atoms with Gasteiger partial charge in [-0.3, -0.25) is 0 Å². The van der Waals surface area contributed by atoms with Crippen LogP contribution in [0.5, 0.6) is 0 Å². The van der Waals surface area contributed by atoms with E-state index in [1.54, 1.807) is 0 Å². The summed E-state index contributed by atoms with van der Waals surface area (Å²) >= 11 is 9.22. The first kappa shape index (κ1) is 9.03. The highest BCUT2D eigenvalue weighted by Crippen LogP contribution is 2.27. The Labute approximate surface area is 89.4 Å². The van der Waals surface area contributed by atoms with Gasteiger partial charge in [0, 0.05) is 11.1 Å². The van der Waals surface area contributed by atoms with Crippen LogP contribution in [-0.2, 0) is 0 Å². The van der Waals surface area contributed by atoms with E-state index in [4.69, 9.17) is 11.6 Å². The second kappa shape index (κ2) is 3.00. The van der Waals surface area contributed by atoms with Crippen molar-refractivity contribution >= 4 is 38.6 Å². The molecular weight excluding hydrogens is 251 g/mol. The average Bonchev–Trinajstić information content (AvgIpc) is 2.32. The molecule has 0 saturated heterocycles. The second-order valence-electron chi connectivity index (χ2n) is 3.03. The van der Waals surface area contributed by atoms with Crippen LogP contribution in [0.25, 0.3) is 11.0 Å². The first-order valence-corrected chi connectivity index (χ1v) is 5.07. The Morgan fingerprint density at radius 2 is 2.15 bits per heavy atom. The molecule has 2 heterocycles. The number of rotatable bonds is 0. The van der Waals surface area contributed by atoms with E-state index >= 15 is 0 Å². The van der Waals surface area contributed by atoms with Gasteiger partial charge in [-0.05, 0) is 41.4 Å². The van der Waals surface area contributed by atoms with Gasteiger partial charge in [0.25, 0.3) is 0 Å². The summed E-state index contributed by atoms with van der Waals surface area (Å²) in [7, 11) is 0. The summed E-state index contributed by atoms with van der Waals surface area (Å²) in [6.45, 7) is 4.09. The van der Waals surface area contributed by atoms with Crippen molar-refractivity contribution < 1.29 is 0 Å². The number of H-pyrrole nitrogens is 1. The molecule has 0 aliphatic heterocycles. The van der Waals surface area contributed by atoms with Gasteiger partial charge in [-0.2, -0.15) is 0 Å². The Morgan fingerprint density at radius 3 is 2.85 bits per heavy atom. The number of aromatic nitrogens is 2. The van der Waals surface area contributed by atoms with Gasteiger partial charge in [0.1, 0.15) is 10.8 Å². The van der Waals surface area contributed by atoms with Gasteiger partial charge >= 0.3 is 0 Å². The lowest BCUT2D eigenvalue weighted by Gasteiger charge is -1.95. The Morgan fingerprint density at radius 1 is 1.46 bits per heavy atom. The maximum atomic E-state index is 5.87. The molecule has 0 fully saturated rings. The fourth-order valence-corrected chi connectivity index (χ4v) is 1.78. The average molecular weight is 260 g/mol. The zero-order valence-electron chi connectivity index (χ0n) is 7.28. The monoisotopic (exact) mass is 258 g/mol. The Bertz CT molecular complexity index is 476. The predicted molar refractivity (Wildman–Crippen MR) is 58.3 cm³/mol. The van der Waals surface area contributed by atoms with Gasteiger partial charge in [0.15, 0.2) is 0 Å². The van der Waals surface area contributed by atoms with Crippen LogP contribution in [0.3, 0.4) is 0 Å². The van der Waals surface area contributed by atoms with Gasteiger partial charge < -0.3 is 4.98 Å². The van der Waals surface area contributed by atoms with Crippen LogP contribution in [0.2, 0.25) is 5.15 Å². The predicted octanol–water partition coefficient (Wildman–Crippen LogP) is 3.60. The smallest absolute Gasteiger partial charge is 0.145 e. The van der Waals surface area contributed by atoms with Crippen LogP contribution < -0.4 is 0 Å². The van der Waals surface area contributed by atoms with E-state index in [0.717, 1.165) is 21.2 Å². The van der Waals surface area contributed by atoms with Crippen molar-refractivity contribution in [2.45, 2.75) is 13.8 Å². The second-order valence-corrected chi connectivity index (χ2v) is 4.24. The maximum Gasteiger partial charge on any atom is 0.145 e. The van der Waals surface area contributed by atoms with E-state index in [2.05, 4.69) is 32.8 Å². The summed E-state index contributed by atoms with van der Waals surface area (Å²) in [5.41, 5.74) is 3.21. The largest absolute Gasteiger partial charge is 0.343 e. The molecule has 2 nitrogen and oxygen atoms in total. The molecule has 0 bridgehead atoms. The third-order valence-corrected chi connectivity index (χ3v) is 3.33. The molecule has 0 unspecified atom stereocenters. The Kier molecular flexibility index (Phi) is 2.08. The molecule has 1 N–H and O–H groups in total. The normalized spacial score (nSPS) is 11.1. The highest BCUT2D eigenvalue weighted by atomic mass is 79.9. The number of halogens is 2. The molecule has 68 valence electrons. The molecule has 0 atom stereocenters. The maximum absolute atomic E-state index is 5.87. The third kappa shape index (κ3) is 1.36. The zero-order chi connectivity index (χ0) is 9.59. The number of aromatic amines is 1. The van der Waals surface area contributed by atoms with Crippen LogP contribution in [0.1, 0.15) is 11.3 Å². The third-order valence-electron chi connectivity index (χ3n) is 2.21. The molecule has 4 heteroatoms. The van der Waals surface area contributed by atoms with Crippen LogP contribution in [0.4, 0.5) is 0 Å². The highest BCUT2D eigenvalue weighted by molar-refractivity contribution is 9.10. The summed E-state index contributed by atoms with van der Waals surface area (Å²) < 4.78 is 0.837. The van der Waals surface area contributed by atoms with Crippen molar-refractivity contribution in [2.24, 2.45) is 0 Å². The fourth-order valence-electron chi connectivity index (χ4n) is 1.32. The van der Waals surface area contributed by atoms with Crippen molar-refractivity contribution in [2.75, 3.05) is 0 Å². The summed E-state index contributed by atoms with van der Waals surface area (Å²) in [4.78, 5) is 7.40. The molecule has 0 radical (unpaired) electrons. The zero-order valence-corrected chi connectivity index (χ0v) is 9.62. The number of fused-ring (bicyclic) bond motifs is 1. The number of pyridine rings is 1. The van der Waals surface area contributed by atoms with E-state index < -0.39 is 0 Å². The van der Waals surface area contributed by atoms with Gasteiger partial charge in [-0.1, -0.05) is 11.6 Å². The number of nitrogens with zero attached hydrogens (tertiary/aromatic N) is 1. The number of hydrogen-bond donors (Lipinski definition) is 1. The fraction of sp³-hybridized carbons (Fsp3) is 0.222. The van der Waals surface area contributed by atoms with E-state index in [1.807, 2.05) is 13.0 Å². The molecule has 0 amide bonds. The SMILES string of the molecule is Cc1[nH]c2nc(Cl)c(Br)cc2c1C.